The van der Waals surface area contributed by atoms with Crippen LogP contribution in [0.25, 0.3) is 5.69 Å². The monoisotopic (exact) mass is 311 g/mol. The summed E-state index contributed by atoms with van der Waals surface area (Å²) in [5.41, 5.74) is 3.79. The van der Waals surface area contributed by atoms with Gasteiger partial charge in [-0.15, -0.1) is 0 Å². The van der Waals surface area contributed by atoms with Crippen LogP contribution < -0.4 is 5.32 Å². The summed E-state index contributed by atoms with van der Waals surface area (Å²) in [7, 11) is 0. The molecule has 2 aromatic rings. The highest BCUT2D eigenvalue weighted by atomic mass is 16.1. The number of carbonyl (C=O) groups is 1. The lowest BCUT2D eigenvalue weighted by Gasteiger charge is -2.14. The maximum Gasteiger partial charge on any atom is 0.255 e. The number of hydrogen-bond acceptors (Lipinski definition) is 2. The number of nitrogens with one attached hydrogen (secondary N) is 1. The summed E-state index contributed by atoms with van der Waals surface area (Å²) in [4.78, 5) is 12.8. The fourth-order valence-corrected chi connectivity index (χ4v) is 2.96. The molecule has 4 heteroatoms. The van der Waals surface area contributed by atoms with E-state index in [1.807, 2.05) is 48.9 Å². The zero-order valence-electron chi connectivity index (χ0n) is 14.3. The highest BCUT2D eigenvalue weighted by Gasteiger charge is 2.35. The predicted octanol–water partition coefficient (Wildman–Crippen LogP) is 4.01. The molecule has 1 saturated carbocycles. The molecule has 3 rings (SSSR count). The van der Waals surface area contributed by atoms with Crippen molar-refractivity contribution in [3.05, 3.63) is 47.3 Å². The molecule has 1 heterocycles. The topological polar surface area (TPSA) is 46.9 Å². The standard InChI is InChI=1S/C19H25N3O/c1-12(2)18-16(19(23)20-13(3)4)17(14-10-11-14)21-22(18)15-8-6-5-7-9-15/h5-9,12-14H,10-11H2,1-4H3,(H,20,23). The third-order valence-corrected chi connectivity index (χ3v) is 4.11. The number of para-hydroxylation sites is 1. The maximum absolute atomic E-state index is 12.8. The first kappa shape index (κ1) is 15.8. The van der Waals surface area contributed by atoms with E-state index in [1.54, 1.807) is 0 Å². The second-order valence-corrected chi connectivity index (χ2v) is 6.95. The molecular weight excluding hydrogens is 286 g/mol. The molecule has 1 aliphatic rings. The molecule has 0 radical (unpaired) electrons. The molecule has 122 valence electrons. The Morgan fingerprint density at radius 1 is 1.17 bits per heavy atom. The van der Waals surface area contributed by atoms with Crippen molar-refractivity contribution in [3.8, 4) is 5.69 Å². The van der Waals surface area contributed by atoms with E-state index < -0.39 is 0 Å². The zero-order chi connectivity index (χ0) is 16.6. The molecule has 0 aliphatic heterocycles. The molecule has 0 atom stereocenters. The van der Waals surface area contributed by atoms with E-state index in [2.05, 4.69) is 19.2 Å². The van der Waals surface area contributed by atoms with Crippen molar-refractivity contribution >= 4 is 5.91 Å². The van der Waals surface area contributed by atoms with E-state index >= 15 is 0 Å². The van der Waals surface area contributed by atoms with Crippen LogP contribution in [0.4, 0.5) is 0 Å². The van der Waals surface area contributed by atoms with Crippen LogP contribution in [0.1, 0.15) is 74.1 Å². The minimum atomic E-state index is 0.00720. The average molecular weight is 311 g/mol. The summed E-state index contributed by atoms with van der Waals surface area (Å²) < 4.78 is 1.97. The SMILES string of the molecule is CC(C)NC(=O)c1c(C2CC2)nn(-c2ccccc2)c1C(C)C. The lowest BCUT2D eigenvalue weighted by Crippen LogP contribution is -2.31. The lowest BCUT2D eigenvalue weighted by molar-refractivity contribution is 0.0940. The summed E-state index contributed by atoms with van der Waals surface area (Å²) >= 11 is 0. The van der Waals surface area contributed by atoms with Gasteiger partial charge in [-0.25, -0.2) is 4.68 Å². The number of carbonyl (C=O) groups excluding carboxylic acids is 1. The summed E-state index contributed by atoms with van der Waals surface area (Å²) in [5, 5.41) is 7.90. The number of rotatable bonds is 5. The highest BCUT2D eigenvalue weighted by Crippen LogP contribution is 2.43. The molecular formula is C19H25N3O. The van der Waals surface area contributed by atoms with Crippen molar-refractivity contribution in [1.82, 2.24) is 15.1 Å². The van der Waals surface area contributed by atoms with Crippen LogP contribution in [-0.2, 0) is 0 Å². The Morgan fingerprint density at radius 2 is 1.83 bits per heavy atom. The summed E-state index contributed by atoms with van der Waals surface area (Å²) in [5.74, 6) is 0.668. The molecule has 1 amide bonds. The molecule has 4 nitrogen and oxygen atoms in total. The van der Waals surface area contributed by atoms with Gasteiger partial charge in [0.1, 0.15) is 0 Å². The van der Waals surface area contributed by atoms with Gasteiger partial charge in [-0.2, -0.15) is 5.10 Å². The highest BCUT2D eigenvalue weighted by molar-refractivity contribution is 5.97. The van der Waals surface area contributed by atoms with Gasteiger partial charge in [0.2, 0.25) is 0 Å². The normalized spacial score (nSPS) is 14.5. The van der Waals surface area contributed by atoms with Crippen molar-refractivity contribution < 1.29 is 4.79 Å². The van der Waals surface area contributed by atoms with Crippen LogP contribution >= 0.6 is 0 Å². The molecule has 1 fully saturated rings. The molecule has 1 aromatic heterocycles. The summed E-state index contributed by atoms with van der Waals surface area (Å²) in [6.07, 6.45) is 2.26. The molecule has 0 spiro atoms. The number of aromatic nitrogens is 2. The van der Waals surface area contributed by atoms with E-state index in [0.29, 0.717) is 5.92 Å². The van der Waals surface area contributed by atoms with Crippen molar-refractivity contribution in [2.24, 2.45) is 0 Å². The predicted molar refractivity (Wildman–Crippen MR) is 92.2 cm³/mol. The van der Waals surface area contributed by atoms with Gasteiger partial charge < -0.3 is 5.32 Å². The van der Waals surface area contributed by atoms with Gasteiger partial charge in [-0.1, -0.05) is 32.0 Å². The fourth-order valence-electron chi connectivity index (χ4n) is 2.96. The van der Waals surface area contributed by atoms with Crippen LogP contribution in [0.2, 0.25) is 0 Å². The molecule has 0 bridgehead atoms. The molecule has 1 N–H and O–H groups in total. The second kappa shape index (κ2) is 6.19. The Hall–Kier alpha value is -2.10. The smallest absolute Gasteiger partial charge is 0.255 e. The third kappa shape index (κ3) is 3.16. The van der Waals surface area contributed by atoms with E-state index in [9.17, 15) is 4.79 Å². The van der Waals surface area contributed by atoms with Crippen LogP contribution in [0.3, 0.4) is 0 Å². The van der Waals surface area contributed by atoms with E-state index in [1.165, 1.54) is 0 Å². The van der Waals surface area contributed by atoms with Crippen molar-refractivity contribution in [2.45, 2.75) is 58.4 Å². The number of nitrogens with zero attached hydrogens (tertiary/aromatic N) is 2. The molecule has 0 saturated heterocycles. The summed E-state index contributed by atoms with van der Waals surface area (Å²) in [6.45, 7) is 8.23. The number of benzene rings is 1. The van der Waals surface area contributed by atoms with E-state index in [0.717, 1.165) is 35.5 Å². The molecule has 1 aliphatic carbocycles. The Kier molecular flexibility index (Phi) is 4.24. The number of amides is 1. The first-order valence-corrected chi connectivity index (χ1v) is 8.48. The van der Waals surface area contributed by atoms with Gasteiger partial charge in [-0.05, 0) is 44.7 Å². The number of hydrogen-bond donors (Lipinski definition) is 1. The van der Waals surface area contributed by atoms with E-state index in [4.69, 9.17) is 5.10 Å². The quantitative estimate of drug-likeness (QED) is 0.907. The second-order valence-electron chi connectivity index (χ2n) is 6.95. The largest absolute Gasteiger partial charge is 0.350 e. The Bertz CT molecular complexity index is 697. The van der Waals surface area contributed by atoms with E-state index in [-0.39, 0.29) is 17.9 Å². The maximum atomic E-state index is 12.8. The Labute approximate surface area is 137 Å². The Balaban J connectivity index is 2.16. The van der Waals surface area contributed by atoms with Gasteiger partial charge in [0.05, 0.1) is 22.6 Å². The first-order chi connectivity index (χ1) is 11.0. The molecule has 1 aromatic carbocycles. The average Bonchev–Trinajstić information content (AvgIpc) is 3.26. The van der Waals surface area contributed by atoms with Crippen LogP contribution in [0, 0.1) is 0 Å². The summed E-state index contributed by atoms with van der Waals surface area (Å²) in [6, 6.07) is 10.2. The third-order valence-electron chi connectivity index (χ3n) is 4.11. The van der Waals surface area contributed by atoms with Crippen LogP contribution in [0.15, 0.2) is 30.3 Å². The molecule has 23 heavy (non-hydrogen) atoms. The fraction of sp³-hybridized carbons (Fsp3) is 0.474. The lowest BCUT2D eigenvalue weighted by atomic mass is 10.0. The van der Waals surface area contributed by atoms with Gasteiger partial charge in [0.25, 0.3) is 5.91 Å². The minimum Gasteiger partial charge on any atom is -0.350 e. The molecule has 0 unspecified atom stereocenters. The van der Waals surface area contributed by atoms with Gasteiger partial charge >= 0.3 is 0 Å². The van der Waals surface area contributed by atoms with Crippen molar-refractivity contribution in [3.63, 3.8) is 0 Å². The Morgan fingerprint density at radius 3 is 2.35 bits per heavy atom. The van der Waals surface area contributed by atoms with Crippen LogP contribution in [0.5, 0.6) is 0 Å². The van der Waals surface area contributed by atoms with Crippen molar-refractivity contribution in [1.29, 1.82) is 0 Å². The minimum absolute atomic E-state index is 0.00720. The van der Waals surface area contributed by atoms with Crippen LogP contribution in [-0.4, -0.2) is 21.7 Å². The first-order valence-electron chi connectivity index (χ1n) is 8.48. The zero-order valence-corrected chi connectivity index (χ0v) is 14.3. The van der Waals surface area contributed by atoms with Gasteiger partial charge in [0, 0.05) is 12.0 Å². The van der Waals surface area contributed by atoms with Gasteiger partial charge in [0.15, 0.2) is 0 Å². The van der Waals surface area contributed by atoms with Gasteiger partial charge in [-0.3, -0.25) is 4.79 Å². The van der Waals surface area contributed by atoms with Crippen molar-refractivity contribution in [2.75, 3.05) is 0 Å².